The molecule has 140 valence electrons. The van der Waals surface area contributed by atoms with Crippen molar-refractivity contribution in [1.82, 2.24) is 25.2 Å². The third-order valence-corrected chi connectivity index (χ3v) is 4.17. The minimum atomic E-state index is -0.648. The smallest absolute Gasteiger partial charge is 0.324 e. The van der Waals surface area contributed by atoms with Crippen LogP contribution in [0.4, 0.5) is 4.79 Å². The van der Waals surface area contributed by atoms with E-state index in [4.69, 9.17) is 10.00 Å². The molecule has 27 heavy (non-hydrogen) atoms. The number of ether oxygens (including phenoxy) is 1. The van der Waals surface area contributed by atoms with Gasteiger partial charge in [-0.3, -0.25) is 9.69 Å². The van der Waals surface area contributed by atoms with E-state index in [1.54, 1.807) is 35.1 Å². The van der Waals surface area contributed by atoms with Crippen LogP contribution in [-0.4, -0.2) is 51.0 Å². The zero-order valence-corrected chi connectivity index (χ0v) is 15.1. The summed E-state index contributed by atoms with van der Waals surface area (Å²) in [7, 11) is 0. The molecular weight excluding hydrogens is 348 g/mol. The second-order valence-corrected chi connectivity index (χ2v) is 6.46. The van der Waals surface area contributed by atoms with Crippen molar-refractivity contribution < 1.29 is 14.3 Å². The number of benzene rings is 1. The topological polar surface area (TPSA) is 113 Å². The molecule has 1 aliphatic rings. The van der Waals surface area contributed by atoms with Crippen LogP contribution in [0, 0.1) is 11.3 Å². The minimum Gasteiger partial charge on any atom is -0.492 e. The van der Waals surface area contributed by atoms with Crippen LogP contribution < -0.4 is 10.1 Å². The molecule has 3 rings (SSSR count). The molecule has 9 heteroatoms. The molecule has 1 atom stereocenters. The van der Waals surface area contributed by atoms with Crippen LogP contribution in [0.1, 0.15) is 31.1 Å². The minimum absolute atomic E-state index is 0.139. The summed E-state index contributed by atoms with van der Waals surface area (Å²) in [5, 5.41) is 19.5. The van der Waals surface area contributed by atoms with Gasteiger partial charge in [0.25, 0.3) is 5.91 Å². The number of hydrogen-bond donors (Lipinski definition) is 1. The van der Waals surface area contributed by atoms with Crippen molar-refractivity contribution in [2.24, 2.45) is 0 Å². The summed E-state index contributed by atoms with van der Waals surface area (Å²) in [5.41, 5.74) is 1.19. The summed E-state index contributed by atoms with van der Waals surface area (Å²) in [6.45, 7) is 4.27. The van der Waals surface area contributed by atoms with E-state index in [1.807, 2.05) is 19.9 Å². The molecule has 0 aliphatic carbocycles. The lowest BCUT2D eigenvalue weighted by atomic mass is 10.1. The van der Waals surface area contributed by atoms with Crippen molar-refractivity contribution in [2.45, 2.75) is 32.4 Å². The Morgan fingerprint density at radius 2 is 2.04 bits per heavy atom. The molecule has 2 aromatic rings. The fourth-order valence-corrected chi connectivity index (χ4v) is 2.68. The Kier molecular flexibility index (Phi) is 5.35. The molecule has 1 saturated heterocycles. The third kappa shape index (κ3) is 4.23. The average Bonchev–Trinajstić information content (AvgIpc) is 3.23. The van der Waals surface area contributed by atoms with E-state index in [1.165, 1.54) is 0 Å². The maximum Gasteiger partial charge on any atom is 0.324 e. The van der Waals surface area contributed by atoms with E-state index >= 15 is 0 Å². The first-order chi connectivity index (χ1) is 13.0. The SMILES string of the molecule is CC(C)n1cc(C[C@H]2NC(=O)N(CCOc3ccc(C#N)cc3)C2=O)nn1. The normalized spacial score (nSPS) is 16.5. The molecule has 0 bridgehead atoms. The Morgan fingerprint density at radius 1 is 1.30 bits per heavy atom. The Morgan fingerprint density at radius 3 is 2.67 bits per heavy atom. The van der Waals surface area contributed by atoms with E-state index < -0.39 is 12.1 Å². The highest BCUT2D eigenvalue weighted by atomic mass is 16.5. The van der Waals surface area contributed by atoms with Gasteiger partial charge >= 0.3 is 6.03 Å². The third-order valence-electron chi connectivity index (χ3n) is 4.17. The van der Waals surface area contributed by atoms with Crippen LogP contribution in [0.25, 0.3) is 0 Å². The number of urea groups is 1. The number of nitrogens with zero attached hydrogens (tertiary/aromatic N) is 5. The highest BCUT2D eigenvalue weighted by Gasteiger charge is 2.38. The molecule has 1 aliphatic heterocycles. The molecule has 0 spiro atoms. The Bertz CT molecular complexity index is 868. The molecule has 1 aromatic heterocycles. The van der Waals surface area contributed by atoms with Crippen LogP contribution in [0.2, 0.25) is 0 Å². The van der Waals surface area contributed by atoms with E-state index in [-0.39, 0.29) is 25.1 Å². The highest BCUT2D eigenvalue weighted by molar-refractivity contribution is 6.04. The highest BCUT2D eigenvalue weighted by Crippen LogP contribution is 2.14. The van der Waals surface area contributed by atoms with Crippen molar-refractivity contribution in [3.63, 3.8) is 0 Å². The van der Waals surface area contributed by atoms with Gasteiger partial charge in [-0.05, 0) is 38.1 Å². The Hall–Kier alpha value is -3.41. The van der Waals surface area contributed by atoms with Gasteiger partial charge in [0.2, 0.25) is 0 Å². The number of imide groups is 1. The monoisotopic (exact) mass is 368 g/mol. The summed E-state index contributed by atoms with van der Waals surface area (Å²) >= 11 is 0. The molecule has 2 heterocycles. The Balaban J connectivity index is 1.53. The van der Waals surface area contributed by atoms with Gasteiger partial charge < -0.3 is 10.1 Å². The Labute approximate surface area is 156 Å². The second-order valence-electron chi connectivity index (χ2n) is 6.46. The lowest BCUT2D eigenvalue weighted by Gasteiger charge is -2.13. The summed E-state index contributed by atoms with van der Waals surface area (Å²) in [5.74, 6) is 0.269. The molecule has 1 fully saturated rings. The van der Waals surface area contributed by atoms with Crippen molar-refractivity contribution in [2.75, 3.05) is 13.2 Å². The summed E-state index contributed by atoms with van der Waals surface area (Å²) < 4.78 is 7.25. The number of nitrogens with one attached hydrogen (secondary N) is 1. The zero-order valence-electron chi connectivity index (χ0n) is 15.1. The first-order valence-corrected chi connectivity index (χ1v) is 8.63. The van der Waals surface area contributed by atoms with E-state index in [9.17, 15) is 9.59 Å². The van der Waals surface area contributed by atoms with Crippen LogP contribution >= 0.6 is 0 Å². The fourth-order valence-electron chi connectivity index (χ4n) is 2.68. The van der Waals surface area contributed by atoms with Gasteiger partial charge in [-0.15, -0.1) is 5.10 Å². The number of nitriles is 1. The second kappa shape index (κ2) is 7.86. The van der Waals surface area contributed by atoms with Crippen LogP contribution in [0.15, 0.2) is 30.5 Å². The lowest BCUT2D eigenvalue weighted by Crippen LogP contribution is -2.35. The average molecular weight is 368 g/mol. The van der Waals surface area contributed by atoms with Crippen LogP contribution in [-0.2, 0) is 11.2 Å². The molecule has 9 nitrogen and oxygen atoms in total. The number of amides is 3. The fraction of sp³-hybridized carbons (Fsp3) is 0.389. The van der Waals surface area contributed by atoms with Gasteiger partial charge in [0.05, 0.1) is 23.9 Å². The number of hydrogen-bond acceptors (Lipinski definition) is 6. The number of carbonyl (C=O) groups is 2. The first-order valence-electron chi connectivity index (χ1n) is 8.63. The quantitative estimate of drug-likeness (QED) is 0.737. The van der Waals surface area contributed by atoms with Crippen molar-refractivity contribution in [3.05, 3.63) is 41.7 Å². The zero-order chi connectivity index (χ0) is 19.4. The lowest BCUT2D eigenvalue weighted by molar-refractivity contribution is -0.127. The van der Waals surface area contributed by atoms with Gasteiger partial charge in [-0.2, -0.15) is 5.26 Å². The molecule has 1 N–H and O–H groups in total. The van der Waals surface area contributed by atoms with Crippen LogP contribution in [0.5, 0.6) is 5.75 Å². The number of aromatic nitrogens is 3. The standard InChI is InChI=1S/C18H20N6O3/c1-12(2)24-11-14(21-22-24)9-16-17(25)23(18(26)20-16)7-8-27-15-5-3-13(10-19)4-6-15/h3-6,11-12,16H,7-9H2,1-2H3,(H,20,26)/t16-/m1/s1. The van der Waals surface area contributed by atoms with Crippen molar-refractivity contribution >= 4 is 11.9 Å². The van der Waals surface area contributed by atoms with Gasteiger partial charge in [-0.25, -0.2) is 9.48 Å². The van der Waals surface area contributed by atoms with E-state index in [0.717, 1.165) is 4.90 Å². The first kappa shape index (κ1) is 18.4. The van der Waals surface area contributed by atoms with Gasteiger partial charge in [-0.1, -0.05) is 5.21 Å². The molecule has 0 radical (unpaired) electrons. The maximum absolute atomic E-state index is 12.5. The summed E-state index contributed by atoms with van der Waals surface area (Å²) in [6.07, 6.45) is 2.07. The predicted octanol–water partition coefficient (Wildman–Crippen LogP) is 1.27. The molecular formula is C18H20N6O3. The number of rotatable bonds is 7. The van der Waals surface area contributed by atoms with Gasteiger partial charge in [0.1, 0.15) is 18.4 Å². The molecule has 0 unspecified atom stereocenters. The predicted molar refractivity (Wildman–Crippen MR) is 94.8 cm³/mol. The van der Waals surface area contributed by atoms with Crippen molar-refractivity contribution in [3.8, 4) is 11.8 Å². The van der Waals surface area contributed by atoms with Gasteiger partial charge in [0, 0.05) is 18.7 Å². The van der Waals surface area contributed by atoms with Crippen molar-refractivity contribution in [1.29, 1.82) is 5.26 Å². The number of carbonyl (C=O) groups excluding carboxylic acids is 2. The summed E-state index contributed by atoms with van der Waals surface area (Å²) in [6, 6.07) is 7.74. The van der Waals surface area contributed by atoms with Crippen LogP contribution in [0.3, 0.4) is 0 Å². The van der Waals surface area contributed by atoms with E-state index in [2.05, 4.69) is 15.6 Å². The molecule has 0 saturated carbocycles. The largest absolute Gasteiger partial charge is 0.492 e. The maximum atomic E-state index is 12.5. The van der Waals surface area contributed by atoms with E-state index in [0.29, 0.717) is 23.4 Å². The molecule has 3 amide bonds. The summed E-state index contributed by atoms with van der Waals surface area (Å²) in [4.78, 5) is 25.7. The van der Waals surface area contributed by atoms with Gasteiger partial charge in [0.15, 0.2) is 0 Å². The molecule has 1 aromatic carbocycles.